The van der Waals surface area contributed by atoms with Gasteiger partial charge in [-0.1, -0.05) is 22.0 Å². The van der Waals surface area contributed by atoms with Crippen LogP contribution in [0.2, 0.25) is 0 Å². The summed E-state index contributed by atoms with van der Waals surface area (Å²) < 4.78 is 50.4. The Kier molecular flexibility index (Phi) is 5.16. The summed E-state index contributed by atoms with van der Waals surface area (Å²) in [5.41, 5.74) is 0.150. The quantitative estimate of drug-likeness (QED) is 0.760. The molecule has 1 aromatic carbocycles. The van der Waals surface area contributed by atoms with Crippen molar-refractivity contribution in [1.82, 2.24) is 0 Å². The number of hydrogen-bond acceptors (Lipinski definition) is 3. The number of benzene rings is 1. The van der Waals surface area contributed by atoms with Gasteiger partial charge in [0.1, 0.15) is 12.2 Å². The number of rotatable bonds is 4. The summed E-state index contributed by atoms with van der Waals surface area (Å²) in [6, 6.07) is 4.40. The van der Waals surface area contributed by atoms with E-state index in [2.05, 4.69) is 15.9 Å². The van der Waals surface area contributed by atoms with Gasteiger partial charge in [-0.25, -0.2) is 0 Å². The standard InChI is InChI=1S/C14H17BrF3NO2/c1-20-12-7-19(8-13(12)21-2)11-4-3-9(6-15)5-10(11)14(16,17)18/h3-5,12-13H,6-8H2,1-2H3. The molecule has 2 atom stereocenters. The molecule has 0 N–H and O–H groups in total. The fraction of sp³-hybridized carbons (Fsp3) is 0.571. The first kappa shape index (κ1) is 16.6. The monoisotopic (exact) mass is 367 g/mol. The molecule has 21 heavy (non-hydrogen) atoms. The Morgan fingerprint density at radius 1 is 1.19 bits per heavy atom. The zero-order valence-corrected chi connectivity index (χ0v) is 13.4. The van der Waals surface area contributed by atoms with Gasteiger partial charge in [0.2, 0.25) is 0 Å². The molecule has 0 aliphatic carbocycles. The fourth-order valence-corrected chi connectivity index (χ4v) is 2.91. The molecule has 0 radical (unpaired) electrons. The van der Waals surface area contributed by atoms with Crippen molar-refractivity contribution in [3.8, 4) is 0 Å². The zero-order chi connectivity index (χ0) is 15.6. The highest BCUT2D eigenvalue weighted by molar-refractivity contribution is 9.08. The maximum atomic E-state index is 13.3. The molecule has 0 aromatic heterocycles. The van der Waals surface area contributed by atoms with Gasteiger partial charge in [0.05, 0.1) is 5.56 Å². The van der Waals surface area contributed by atoms with Crippen LogP contribution in [0.1, 0.15) is 11.1 Å². The maximum Gasteiger partial charge on any atom is 0.418 e. The van der Waals surface area contributed by atoms with E-state index in [1.54, 1.807) is 25.2 Å². The van der Waals surface area contributed by atoms with Crippen molar-refractivity contribution >= 4 is 21.6 Å². The Labute approximate surface area is 130 Å². The van der Waals surface area contributed by atoms with Gasteiger partial charge in [-0.05, 0) is 17.7 Å². The minimum Gasteiger partial charge on any atom is -0.377 e. The molecule has 1 heterocycles. The first-order valence-corrected chi connectivity index (χ1v) is 7.59. The van der Waals surface area contributed by atoms with E-state index in [1.807, 2.05) is 0 Å². The Bertz CT molecular complexity index is 484. The average molecular weight is 368 g/mol. The van der Waals surface area contributed by atoms with Crippen LogP contribution in [-0.2, 0) is 21.0 Å². The van der Waals surface area contributed by atoms with Crippen LogP contribution in [0, 0.1) is 0 Å². The number of hydrogen-bond donors (Lipinski definition) is 0. The summed E-state index contributed by atoms with van der Waals surface area (Å²) in [7, 11) is 3.08. The largest absolute Gasteiger partial charge is 0.418 e. The molecule has 1 aliphatic rings. The third-order valence-corrected chi connectivity index (χ3v) is 4.33. The van der Waals surface area contributed by atoms with Gasteiger partial charge in [-0.2, -0.15) is 13.2 Å². The van der Waals surface area contributed by atoms with Gasteiger partial charge in [-0.15, -0.1) is 0 Å². The molecule has 1 aromatic rings. The molecule has 2 rings (SSSR count). The van der Waals surface area contributed by atoms with E-state index in [0.717, 1.165) is 0 Å². The number of anilines is 1. The van der Waals surface area contributed by atoms with Gasteiger partial charge in [-0.3, -0.25) is 0 Å². The van der Waals surface area contributed by atoms with Crippen molar-refractivity contribution in [2.75, 3.05) is 32.2 Å². The summed E-state index contributed by atoms with van der Waals surface area (Å²) in [6.07, 6.45) is -4.85. The molecule has 7 heteroatoms. The number of methoxy groups -OCH3 is 2. The first-order chi connectivity index (χ1) is 9.90. The summed E-state index contributed by atoms with van der Waals surface area (Å²) in [4.78, 5) is 1.67. The Morgan fingerprint density at radius 3 is 2.19 bits per heavy atom. The van der Waals surface area contributed by atoms with Crippen LogP contribution in [-0.4, -0.2) is 39.5 Å². The van der Waals surface area contributed by atoms with E-state index in [-0.39, 0.29) is 17.9 Å². The summed E-state index contributed by atoms with van der Waals surface area (Å²) in [5, 5.41) is 0.387. The van der Waals surface area contributed by atoms with E-state index in [4.69, 9.17) is 9.47 Å². The molecule has 1 fully saturated rings. The number of alkyl halides is 4. The van der Waals surface area contributed by atoms with Crippen molar-refractivity contribution in [2.24, 2.45) is 0 Å². The Morgan fingerprint density at radius 2 is 1.76 bits per heavy atom. The molecular weight excluding hydrogens is 351 g/mol. The smallest absolute Gasteiger partial charge is 0.377 e. The minimum absolute atomic E-state index is 0.175. The lowest BCUT2D eigenvalue weighted by atomic mass is 10.1. The molecule has 1 saturated heterocycles. The molecule has 2 unspecified atom stereocenters. The van der Waals surface area contributed by atoms with E-state index in [9.17, 15) is 13.2 Å². The third kappa shape index (κ3) is 3.52. The molecule has 0 spiro atoms. The number of nitrogens with zero attached hydrogens (tertiary/aromatic N) is 1. The molecule has 118 valence electrons. The second-order valence-electron chi connectivity index (χ2n) is 4.94. The van der Waals surface area contributed by atoms with Gasteiger partial charge in [0.25, 0.3) is 0 Å². The highest BCUT2D eigenvalue weighted by Gasteiger charge is 2.39. The van der Waals surface area contributed by atoms with E-state index in [0.29, 0.717) is 24.0 Å². The number of ether oxygens (including phenoxy) is 2. The van der Waals surface area contributed by atoms with Gasteiger partial charge < -0.3 is 14.4 Å². The summed E-state index contributed by atoms with van der Waals surface area (Å²) in [5.74, 6) is 0. The highest BCUT2D eigenvalue weighted by Crippen LogP contribution is 2.39. The van der Waals surface area contributed by atoms with Crippen molar-refractivity contribution in [3.05, 3.63) is 29.3 Å². The van der Waals surface area contributed by atoms with Gasteiger partial charge >= 0.3 is 6.18 Å². The molecule has 0 bridgehead atoms. The van der Waals surface area contributed by atoms with Crippen LogP contribution in [0.3, 0.4) is 0 Å². The van der Waals surface area contributed by atoms with Crippen LogP contribution in [0.25, 0.3) is 0 Å². The van der Waals surface area contributed by atoms with Crippen molar-refractivity contribution < 1.29 is 22.6 Å². The predicted molar refractivity (Wildman–Crippen MR) is 77.9 cm³/mol. The lowest BCUT2D eigenvalue weighted by Gasteiger charge is -2.23. The molecule has 1 aliphatic heterocycles. The Balaban J connectivity index is 2.36. The van der Waals surface area contributed by atoms with Crippen LogP contribution >= 0.6 is 15.9 Å². The van der Waals surface area contributed by atoms with E-state index < -0.39 is 11.7 Å². The average Bonchev–Trinajstić information content (AvgIpc) is 2.88. The van der Waals surface area contributed by atoms with Crippen LogP contribution < -0.4 is 4.90 Å². The normalized spacial score (nSPS) is 22.9. The second kappa shape index (κ2) is 6.54. The highest BCUT2D eigenvalue weighted by atomic mass is 79.9. The minimum atomic E-state index is -4.39. The molecular formula is C14H17BrF3NO2. The second-order valence-corrected chi connectivity index (χ2v) is 5.50. The SMILES string of the molecule is COC1CN(c2ccc(CBr)cc2C(F)(F)F)CC1OC. The maximum absolute atomic E-state index is 13.3. The van der Waals surface area contributed by atoms with Crippen LogP contribution in [0.4, 0.5) is 18.9 Å². The lowest BCUT2D eigenvalue weighted by molar-refractivity contribution is -0.137. The van der Waals surface area contributed by atoms with E-state index >= 15 is 0 Å². The Hall–Kier alpha value is -0.790. The third-order valence-electron chi connectivity index (χ3n) is 3.68. The summed E-state index contributed by atoms with van der Waals surface area (Å²) >= 11 is 3.19. The molecule has 0 saturated carbocycles. The fourth-order valence-electron chi connectivity index (χ4n) is 2.56. The van der Waals surface area contributed by atoms with Gasteiger partial charge in [0, 0.05) is 38.3 Å². The van der Waals surface area contributed by atoms with Crippen molar-refractivity contribution in [1.29, 1.82) is 0 Å². The first-order valence-electron chi connectivity index (χ1n) is 6.47. The topological polar surface area (TPSA) is 21.7 Å². The molecule has 0 amide bonds. The van der Waals surface area contributed by atoms with Gasteiger partial charge in [0.15, 0.2) is 0 Å². The predicted octanol–water partition coefficient (Wildman–Crippen LogP) is 3.45. The lowest BCUT2D eigenvalue weighted by Crippen LogP contribution is -2.27. The van der Waals surface area contributed by atoms with Crippen LogP contribution in [0.5, 0.6) is 0 Å². The van der Waals surface area contributed by atoms with Crippen molar-refractivity contribution in [3.63, 3.8) is 0 Å². The molecule has 3 nitrogen and oxygen atoms in total. The summed E-state index contributed by atoms with van der Waals surface area (Å²) in [6.45, 7) is 0.761. The van der Waals surface area contributed by atoms with Crippen LogP contribution in [0.15, 0.2) is 18.2 Å². The number of halogens is 4. The zero-order valence-electron chi connectivity index (χ0n) is 11.8. The van der Waals surface area contributed by atoms with Crippen molar-refractivity contribution in [2.45, 2.75) is 23.7 Å². The van der Waals surface area contributed by atoms with E-state index in [1.165, 1.54) is 12.1 Å².